The molecule has 0 saturated heterocycles. The molecule has 1 aromatic heterocycles. The van der Waals surface area contributed by atoms with Crippen LogP contribution < -0.4 is 29.1 Å². The van der Waals surface area contributed by atoms with Crippen molar-refractivity contribution in [2.45, 2.75) is 19.6 Å². The first-order valence-corrected chi connectivity index (χ1v) is 18.9. The molecule has 0 aliphatic carbocycles. The molecule has 0 amide bonds. The van der Waals surface area contributed by atoms with Gasteiger partial charge in [0.2, 0.25) is 0 Å². The van der Waals surface area contributed by atoms with E-state index in [1.807, 2.05) is 60.7 Å². The van der Waals surface area contributed by atoms with Crippen LogP contribution in [0, 0.1) is 7.14 Å². The van der Waals surface area contributed by atoms with Crippen LogP contribution in [0.4, 0.5) is 0 Å². The van der Waals surface area contributed by atoms with Gasteiger partial charge in [-0.1, -0.05) is 77.0 Å². The van der Waals surface area contributed by atoms with Gasteiger partial charge in [-0.15, -0.1) is 0 Å². The predicted octanol–water partition coefficient (Wildman–Crippen LogP) is 8.05. The van der Waals surface area contributed by atoms with E-state index in [-0.39, 0.29) is 24.3 Å². The van der Waals surface area contributed by atoms with Crippen molar-refractivity contribution in [3.05, 3.63) is 144 Å². The average molecular weight is 953 g/mol. The first kappa shape index (κ1) is 36.4. The average Bonchev–Trinajstić information content (AvgIpc) is 3.41. The van der Waals surface area contributed by atoms with Gasteiger partial charge in [-0.25, -0.2) is 9.79 Å². The summed E-state index contributed by atoms with van der Waals surface area (Å²) in [6.45, 7) is 2.16. The second-order valence-corrected chi connectivity index (χ2v) is 15.1. The van der Waals surface area contributed by atoms with E-state index in [1.54, 1.807) is 42.9 Å². The predicted molar refractivity (Wildman–Crippen MR) is 213 cm³/mol. The number of carbonyl (C=O) groups excluding carboxylic acids is 1. The van der Waals surface area contributed by atoms with Crippen LogP contribution in [-0.2, 0) is 16.1 Å². The molecule has 0 fully saturated rings. The van der Waals surface area contributed by atoms with Gasteiger partial charge in [-0.2, -0.15) is 0 Å². The first-order valence-electron chi connectivity index (χ1n) is 15.2. The molecule has 2 heterocycles. The van der Waals surface area contributed by atoms with Gasteiger partial charge < -0.3 is 18.9 Å². The van der Waals surface area contributed by atoms with Gasteiger partial charge in [0.15, 0.2) is 16.3 Å². The summed E-state index contributed by atoms with van der Waals surface area (Å²) in [6.07, 6.45) is 1.83. The summed E-state index contributed by atoms with van der Waals surface area (Å²) in [7, 11) is 3.09. The topological polar surface area (TPSA) is 88.4 Å². The molecule has 8 nitrogen and oxygen atoms in total. The molecule has 13 heteroatoms. The largest absolute Gasteiger partial charge is 0.493 e. The van der Waals surface area contributed by atoms with Crippen molar-refractivity contribution in [3.8, 4) is 17.2 Å². The van der Waals surface area contributed by atoms with Gasteiger partial charge in [0.1, 0.15) is 12.4 Å². The Balaban J connectivity index is 1.49. The highest BCUT2D eigenvalue weighted by Gasteiger charge is 2.35. The summed E-state index contributed by atoms with van der Waals surface area (Å²) in [4.78, 5) is 33.6. The number of hydrogen-bond acceptors (Lipinski definition) is 8. The molecule has 0 saturated carbocycles. The quantitative estimate of drug-likeness (QED) is 0.104. The number of aromatic nitrogens is 1. The van der Waals surface area contributed by atoms with E-state index in [0.717, 1.165) is 23.8 Å². The molecule has 0 spiro atoms. The molecular formula is C37H28Cl2I2N2O6S. The molecule has 0 N–H and O–H groups in total. The highest BCUT2D eigenvalue weighted by Crippen LogP contribution is 2.38. The van der Waals surface area contributed by atoms with Crippen LogP contribution in [0.2, 0.25) is 10.0 Å². The lowest BCUT2D eigenvalue weighted by atomic mass is 9.93. The lowest BCUT2D eigenvalue weighted by molar-refractivity contribution is -0.138. The molecule has 0 bridgehead atoms. The van der Waals surface area contributed by atoms with Crippen LogP contribution in [0.3, 0.4) is 0 Å². The fraction of sp³-hybridized carbons (Fsp3) is 0.162. The fourth-order valence-electron chi connectivity index (χ4n) is 5.52. The van der Waals surface area contributed by atoms with E-state index >= 15 is 0 Å². The normalized spacial score (nSPS) is 14.2. The second-order valence-electron chi connectivity index (χ2n) is 10.9. The fourth-order valence-corrected chi connectivity index (χ4v) is 9.11. The smallest absolute Gasteiger partial charge is 0.338 e. The summed E-state index contributed by atoms with van der Waals surface area (Å²) in [5, 5.41) is 1.09. The van der Waals surface area contributed by atoms with E-state index < -0.39 is 12.0 Å². The van der Waals surface area contributed by atoms with E-state index in [1.165, 1.54) is 18.4 Å². The van der Waals surface area contributed by atoms with E-state index in [2.05, 4.69) is 45.2 Å². The monoisotopic (exact) mass is 952 g/mol. The number of nitrogens with zero attached hydrogens (tertiary/aromatic N) is 2. The zero-order valence-corrected chi connectivity index (χ0v) is 33.5. The Bertz CT molecular complexity index is 2300. The molecule has 4 aromatic carbocycles. The van der Waals surface area contributed by atoms with Crippen molar-refractivity contribution < 1.29 is 23.7 Å². The van der Waals surface area contributed by atoms with Crippen LogP contribution in [0.25, 0.3) is 11.8 Å². The van der Waals surface area contributed by atoms with Gasteiger partial charge in [0, 0.05) is 21.2 Å². The third-order valence-electron chi connectivity index (χ3n) is 7.80. The minimum absolute atomic E-state index is 0.150. The number of thiazole rings is 1. The SMILES string of the molecule is CCOC(=O)C1=C(c2ccccc2)N=c2s/c(=C\c3cc(I)c(OCc4ccc(Cl)cc4Cl)c(I)c3)c(=O)n2[C@@H]1c1ccc(OC)c(OC)c1. The van der Waals surface area contributed by atoms with Crippen LogP contribution in [0.15, 0.2) is 94.2 Å². The zero-order chi connectivity index (χ0) is 35.5. The van der Waals surface area contributed by atoms with Crippen LogP contribution in [0.1, 0.15) is 35.2 Å². The number of rotatable bonds is 10. The lowest BCUT2D eigenvalue weighted by Crippen LogP contribution is -2.40. The molecule has 256 valence electrons. The van der Waals surface area contributed by atoms with Crippen molar-refractivity contribution in [1.82, 2.24) is 4.57 Å². The summed E-state index contributed by atoms with van der Waals surface area (Å²) in [6, 6.07) is 23.1. The van der Waals surface area contributed by atoms with Crippen LogP contribution in [-0.4, -0.2) is 31.4 Å². The third kappa shape index (κ3) is 7.47. The summed E-state index contributed by atoms with van der Waals surface area (Å²) in [5.41, 5.74) is 3.35. The summed E-state index contributed by atoms with van der Waals surface area (Å²) >= 11 is 18.1. The Morgan fingerprint density at radius 3 is 2.34 bits per heavy atom. The number of esters is 1. The van der Waals surface area contributed by atoms with Crippen molar-refractivity contribution in [1.29, 1.82) is 0 Å². The maximum atomic E-state index is 14.4. The van der Waals surface area contributed by atoms with Crippen LogP contribution in [0.5, 0.6) is 17.2 Å². The molecule has 6 rings (SSSR count). The Morgan fingerprint density at radius 2 is 1.68 bits per heavy atom. The second kappa shape index (κ2) is 15.9. The molecular weight excluding hydrogens is 925 g/mol. The molecule has 1 aliphatic rings. The van der Waals surface area contributed by atoms with Gasteiger partial charge in [0.05, 0.1) is 49.8 Å². The maximum Gasteiger partial charge on any atom is 0.338 e. The number of halogens is 4. The number of fused-ring (bicyclic) bond motifs is 1. The van der Waals surface area contributed by atoms with E-state index in [9.17, 15) is 9.59 Å². The van der Waals surface area contributed by atoms with Crippen molar-refractivity contribution in [3.63, 3.8) is 0 Å². The van der Waals surface area contributed by atoms with Gasteiger partial charge in [-0.05, 0) is 106 Å². The first-order chi connectivity index (χ1) is 24.1. The number of benzene rings is 4. The number of methoxy groups -OCH3 is 2. The zero-order valence-electron chi connectivity index (χ0n) is 26.8. The van der Waals surface area contributed by atoms with Gasteiger partial charge in [0.25, 0.3) is 5.56 Å². The molecule has 0 radical (unpaired) electrons. The van der Waals surface area contributed by atoms with Crippen LogP contribution >= 0.6 is 79.7 Å². The number of carbonyl (C=O) groups is 1. The highest BCUT2D eigenvalue weighted by atomic mass is 127. The van der Waals surface area contributed by atoms with Crippen molar-refractivity contribution in [2.75, 3.05) is 20.8 Å². The Hall–Kier alpha value is -3.37. The molecule has 1 atom stereocenters. The highest BCUT2D eigenvalue weighted by molar-refractivity contribution is 14.1. The maximum absolute atomic E-state index is 14.4. The standard InChI is InChI=1S/C37H28Cl2I2N2O6S/c1-4-48-36(45)31-32(21-8-6-5-7-9-21)42-37-43(33(31)22-11-13-28(46-2)29(17-22)47-3)35(44)30(50-37)16-20-14-26(40)34(27(41)15-20)49-19-23-10-12-24(38)18-25(23)39/h5-18,33H,4,19H2,1-3H3/b30-16-/t33-/m1/s1. The Kier molecular flexibility index (Phi) is 11.6. The third-order valence-corrected chi connectivity index (χ3v) is 11.0. The van der Waals surface area contributed by atoms with Crippen molar-refractivity contribution >= 4 is 97.5 Å². The van der Waals surface area contributed by atoms with E-state index in [4.69, 9.17) is 47.1 Å². The molecule has 0 unspecified atom stereocenters. The minimum atomic E-state index is -0.863. The summed E-state index contributed by atoms with van der Waals surface area (Å²) < 4.78 is 26.6. The van der Waals surface area contributed by atoms with Gasteiger partial charge in [-0.3, -0.25) is 9.36 Å². The van der Waals surface area contributed by atoms with Crippen molar-refractivity contribution in [2.24, 2.45) is 4.99 Å². The Morgan fingerprint density at radius 1 is 0.960 bits per heavy atom. The van der Waals surface area contributed by atoms with Gasteiger partial charge >= 0.3 is 5.97 Å². The number of hydrogen-bond donors (Lipinski definition) is 0. The van der Waals surface area contributed by atoms with E-state index in [0.29, 0.717) is 47.9 Å². The molecule has 1 aliphatic heterocycles. The summed E-state index contributed by atoms with van der Waals surface area (Å²) in [5.74, 6) is 1.11. The minimum Gasteiger partial charge on any atom is -0.493 e. The molecule has 5 aromatic rings. The Labute approximate surface area is 329 Å². The number of ether oxygens (including phenoxy) is 4. The molecule has 50 heavy (non-hydrogen) atoms. The lowest BCUT2D eigenvalue weighted by Gasteiger charge is -2.26.